The van der Waals surface area contributed by atoms with Crippen molar-refractivity contribution in [3.63, 3.8) is 0 Å². The molecule has 0 aliphatic heterocycles. The number of nitrogens with zero attached hydrogens (tertiary/aromatic N) is 1. The molecule has 4 atom stereocenters. The van der Waals surface area contributed by atoms with Crippen molar-refractivity contribution in [1.29, 1.82) is 0 Å². The Morgan fingerprint density at radius 1 is 1.27 bits per heavy atom. The Balaban J connectivity index is 1.69. The first-order chi connectivity index (χ1) is 10.3. The van der Waals surface area contributed by atoms with Crippen molar-refractivity contribution in [3.8, 4) is 0 Å². The van der Waals surface area contributed by atoms with Gasteiger partial charge in [0.1, 0.15) is 4.90 Å². The molecule has 3 rings (SSSR count). The van der Waals surface area contributed by atoms with Gasteiger partial charge in [-0.15, -0.1) is 0 Å². The van der Waals surface area contributed by atoms with Crippen molar-refractivity contribution >= 4 is 39.1 Å². The van der Waals surface area contributed by atoms with Crippen molar-refractivity contribution in [2.45, 2.75) is 43.1 Å². The number of aromatic nitrogens is 1. The first-order valence-corrected chi connectivity index (χ1v) is 9.89. The van der Waals surface area contributed by atoms with Gasteiger partial charge in [-0.1, -0.05) is 11.6 Å². The summed E-state index contributed by atoms with van der Waals surface area (Å²) in [7, 11) is -3.96. The number of carbonyl (C=O) groups excluding carboxylic acids is 1. The van der Waals surface area contributed by atoms with Gasteiger partial charge in [-0.2, -0.15) is 4.37 Å². The zero-order chi connectivity index (χ0) is 15.9. The van der Waals surface area contributed by atoms with Crippen LogP contribution < -0.4 is 4.72 Å². The number of carbonyl (C=O) groups is 1. The van der Waals surface area contributed by atoms with Crippen LogP contribution in [0.5, 0.6) is 0 Å². The summed E-state index contributed by atoms with van der Waals surface area (Å²) >= 11 is 6.66. The monoisotopic (exact) mass is 364 g/mol. The van der Waals surface area contributed by atoms with Gasteiger partial charge in [-0.3, -0.25) is 4.79 Å². The first-order valence-electron chi connectivity index (χ1n) is 7.19. The first kappa shape index (κ1) is 16.2. The highest BCUT2D eigenvalue weighted by Gasteiger charge is 2.39. The largest absolute Gasteiger partial charge is 0.393 e. The zero-order valence-electron chi connectivity index (χ0n) is 11.7. The Morgan fingerprint density at radius 2 is 1.91 bits per heavy atom. The van der Waals surface area contributed by atoms with E-state index in [2.05, 4.69) is 9.10 Å². The van der Waals surface area contributed by atoms with Crippen molar-refractivity contribution < 1.29 is 18.3 Å². The lowest BCUT2D eigenvalue weighted by Crippen LogP contribution is -2.42. The Labute approximate surface area is 138 Å². The lowest BCUT2D eigenvalue weighted by Gasteiger charge is -2.40. The van der Waals surface area contributed by atoms with Crippen LogP contribution in [0.2, 0.25) is 5.15 Å². The van der Waals surface area contributed by atoms with E-state index in [-0.39, 0.29) is 22.1 Å². The molecule has 1 amide bonds. The van der Waals surface area contributed by atoms with E-state index in [4.69, 9.17) is 11.6 Å². The summed E-state index contributed by atoms with van der Waals surface area (Å²) < 4.78 is 30.2. The van der Waals surface area contributed by atoms with E-state index in [9.17, 15) is 18.3 Å². The number of nitrogens with one attached hydrogen (secondary N) is 1. The quantitative estimate of drug-likeness (QED) is 0.852. The minimum Gasteiger partial charge on any atom is -0.393 e. The normalized spacial score (nSPS) is 31.7. The number of rotatable bonds is 3. The van der Waals surface area contributed by atoms with Crippen molar-refractivity contribution in [2.24, 2.45) is 17.8 Å². The van der Waals surface area contributed by atoms with Gasteiger partial charge in [0.25, 0.3) is 10.0 Å². The molecule has 22 heavy (non-hydrogen) atoms. The third-order valence-electron chi connectivity index (χ3n) is 4.50. The van der Waals surface area contributed by atoms with Gasteiger partial charge >= 0.3 is 0 Å². The van der Waals surface area contributed by atoms with E-state index in [1.165, 1.54) is 5.38 Å². The number of sulfonamides is 1. The summed E-state index contributed by atoms with van der Waals surface area (Å²) in [5.41, 5.74) is 0. The molecule has 1 heterocycles. The lowest BCUT2D eigenvalue weighted by atomic mass is 9.67. The van der Waals surface area contributed by atoms with Crippen molar-refractivity contribution in [3.05, 3.63) is 10.5 Å². The molecular weight excluding hydrogens is 348 g/mol. The van der Waals surface area contributed by atoms with Crippen LogP contribution in [0.1, 0.15) is 32.1 Å². The summed E-state index contributed by atoms with van der Waals surface area (Å²) in [4.78, 5) is 12.2. The fourth-order valence-electron chi connectivity index (χ4n) is 3.69. The fraction of sp³-hybridized carbons (Fsp3) is 0.692. The van der Waals surface area contributed by atoms with E-state index in [0.29, 0.717) is 37.5 Å². The number of aliphatic hydroxyl groups excluding tert-OH is 1. The SMILES string of the molecule is O=C(NS(=O)(=O)c1csnc1Cl)C1C[C@H]2CC(O)C[C@@H](C1)C2. The van der Waals surface area contributed by atoms with Gasteiger partial charge < -0.3 is 5.11 Å². The molecule has 122 valence electrons. The van der Waals surface area contributed by atoms with Crippen molar-refractivity contribution in [2.75, 3.05) is 0 Å². The molecule has 2 N–H and O–H groups in total. The van der Waals surface area contributed by atoms with Gasteiger partial charge in [-0.25, -0.2) is 13.1 Å². The molecule has 2 saturated carbocycles. The second-order valence-electron chi connectivity index (χ2n) is 6.20. The number of hydrogen-bond acceptors (Lipinski definition) is 6. The summed E-state index contributed by atoms with van der Waals surface area (Å²) in [6, 6.07) is 0. The highest BCUT2D eigenvalue weighted by atomic mass is 35.5. The minimum absolute atomic E-state index is 0.117. The average Bonchev–Trinajstić information content (AvgIpc) is 2.84. The maximum absolute atomic E-state index is 12.3. The van der Waals surface area contributed by atoms with Crippen LogP contribution in [0.25, 0.3) is 0 Å². The Kier molecular flexibility index (Phi) is 4.46. The summed E-state index contributed by atoms with van der Waals surface area (Å²) in [5, 5.41) is 11.0. The number of amides is 1. The third-order valence-corrected chi connectivity index (χ3v) is 7.14. The molecule has 6 nitrogen and oxygen atoms in total. The third kappa shape index (κ3) is 3.29. The Hall–Kier alpha value is -0.700. The van der Waals surface area contributed by atoms with Crippen LogP contribution in [0.4, 0.5) is 0 Å². The second kappa shape index (κ2) is 6.07. The average molecular weight is 365 g/mol. The molecule has 2 fully saturated rings. The molecule has 0 aromatic carbocycles. The number of halogens is 1. The molecule has 9 heteroatoms. The van der Waals surface area contributed by atoms with E-state index in [0.717, 1.165) is 18.0 Å². The molecule has 1 aromatic heterocycles. The summed E-state index contributed by atoms with van der Waals surface area (Å²) in [6.45, 7) is 0. The Bertz CT molecular complexity index is 657. The predicted molar refractivity (Wildman–Crippen MR) is 82.0 cm³/mol. The molecule has 0 spiro atoms. The van der Waals surface area contributed by atoms with Crippen LogP contribution in [-0.2, 0) is 14.8 Å². The number of fused-ring (bicyclic) bond motifs is 2. The lowest BCUT2D eigenvalue weighted by molar-refractivity contribution is -0.126. The highest BCUT2D eigenvalue weighted by molar-refractivity contribution is 7.90. The summed E-state index contributed by atoms with van der Waals surface area (Å²) in [5.74, 6) is -0.204. The van der Waals surface area contributed by atoms with Gasteiger partial charge in [-0.05, 0) is 55.5 Å². The minimum atomic E-state index is -3.96. The van der Waals surface area contributed by atoms with Gasteiger partial charge in [0.2, 0.25) is 5.91 Å². The van der Waals surface area contributed by atoms with E-state index in [1.54, 1.807) is 0 Å². The van der Waals surface area contributed by atoms with E-state index in [1.807, 2.05) is 0 Å². The highest BCUT2D eigenvalue weighted by Crippen LogP contribution is 2.42. The van der Waals surface area contributed by atoms with Crippen LogP contribution in [0, 0.1) is 17.8 Å². The smallest absolute Gasteiger partial charge is 0.268 e. The molecular formula is C13H17ClN2O4S2. The molecule has 2 bridgehead atoms. The number of hydrogen-bond donors (Lipinski definition) is 2. The van der Waals surface area contributed by atoms with Crippen LogP contribution in [-0.4, -0.2) is 29.9 Å². The Morgan fingerprint density at radius 3 is 2.45 bits per heavy atom. The van der Waals surface area contributed by atoms with Crippen LogP contribution in [0.3, 0.4) is 0 Å². The molecule has 2 aliphatic rings. The van der Waals surface area contributed by atoms with Crippen LogP contribution >= 0.6 is 23.1 Å². The van der Waals surface area contributed by atoms with Crippen molar-refractivity contribution in [1.82, 2.24) is 9.10 Å². The predicted octanol–water partition coefficient (Wildman–Crippen LogP) is 1.79. The van der Waals surface area contributed by atoms with Gasteiger partial charge in [0.15, 0.2) is 5.15 Å². The topological polar surface area (TPSA) is 96.4 Å². The molecule has 2 aliphatic carbocycles. The molecule has 0 radical (unpaired) electrons. The van der Waals surface area contributed by atoms with Crippen LogP contribution in [0.15, 0.2) is 10.3 Å². The standard InChI is InChI=1S/C13H17ClN2O4S2/c14-12-11(6-21-15-12)22(19,20)16-13(18)9-2-7-1-8(3-9)5-10(17)4-7/h6-10,17H,1-5H2,(H,16,18)/t7-,8+,9?,10?. The zero-order valence-corrected chi connectivity index (χ0v) is 14.1. The maximum Gasteiger partial charge on any atom is 0.268 e. The van der Waals surface area contributed by atoms with Gasteiger partial charge in [0, 0.05) is 11.3 Å². The number of aliphatic hydroxyl groups is 1. The molecule has 1 aromatic rings. The molecule has 2 unspecified atom stereocenters. The van der Waals surface area contributed by atoms with E-state index < -0.39 is 15.9 Å². The van der Waals surface area contributed by atoms with E-state index >= 15 is 0 Å². The fourth-order valence-corrected chi connectivity index (χ4v) is 6.19. The second-order valence-corrected chi connectivity index (χ2v) is 8.84. The van der Waals surface area contributed by atoms with Gasteiger partial charge in [0.05, 0.1) is 6.10 Å². The summed E-state index contributed by atoms with van der Waals surface area (Å²) in [6.07, 6.45) is 3.40. The molecule has 0 saturated heterocycles. The maximum atomic E-state index is 12.3.